The highest BCUT2D eigenvalue weighted by atomic mass is 16.5. The molecule has 0 saturated carbocycles. The molecule has 1 aromatic rings. The third-order valence-corrected chi connectivity index (χ3v) is 3.53. The summed E-state index contributed by atoms with van der Waals surface area (Å²) >= 11 is 0. The topological polar surface area (TPSA) is 12.5 Å². The second-order valence-electron chi connectivity index (χ2n) is 4.54. The Morgan fingerprint density at radius 1 is 1.20 bits per heavy atom. The molecule has 2 aliphatic heterocycles. The molecule has 2 heterocycles. The average molecular weight is 203 g/mol. The van der Waals surface area contributed by atoms with E-state index >= 15 is 0 Å². The molecule has 2 nitrogen and oxygen atoms in total. The summed E-state index contributed by atoms with van der Waals surface area (Å²) in [5.74, 6) is 1.09. The Morgan fingerprint density at radius 3 is 3.13 bits per heavy atom. The van der Waals surface area contributed by atoms with Gasteiger partial charge < -0.3 is 4.74 Å². The lowest BCUT2D eigenvalue weighted by molar-refractivity contribution is 0.108. The van der Waals surface area contributed by atoms with Crippen molar-refractivity contribution in [3.63, 3.8) is 0 Å². The van der Waals surface area contributed by atoms with Gasteiger partial charge in [0.1, 0.15) is 12.4 Å². The van der Waals surface area contributed by atoms with Crippen LogP contribution in [0.1, 0.15) is 24.8 Å². The number of benzene rings is 1. The SMILES string of the molecule is c1ccc2c(c1)CN1CCCC[C@@H]1CO2. The highest BCUT2D eigenvalue weighted by molar-refractivity contribution is 5.34. The Labute approximate surface area is 90.8 Å². The van der Waals surface area contributed by atoms with Crippen molar-refractivity contribution in [3.05, 3.63) is 29.8 Å². The monoisotopic (exact) mass is 203 g/mol. The molecule has 2 aliphatic rings. The lowest BCUT2D eigenvalue weighted by Gasteiger charge is -2.33. The van der Waals surface area contributed by atoms with Crippen molar-refractivity contribution in [2.45, 2.75) is 31.8 Å². The highest BCUT2D eigenvalue weighted by Crippen LogP contribution is 2.28. The molecule has 0 spiro atoms. The lowest BCUT2D eigenvalue weighted by Crippen LogP contribution is -2.40. The molecule has 0 amide bonds. The van der Waals surface area contributed by atoms with Gasteiger partial charge in [0.15, 0.2) is 0 Å². The number of fused-ring (bicyclic) bond motifs is 2. The van der Waals surface area contributed by atoms with Crippen LogP contribution in [0.15, 0.2) is 24.3 Å². The number of hydrogen-bond acceptors (Lipinski definition) is 2. The van der Waals surface area contributed by atoms with Crippen LogP contribution in [0.25, 0.3) is 0 Å². The van der Waals surface area contributed by atoms with Gasteiger partial charge in [0.05, 0.1) is 0 Å². The van der Waals surface area contributed by atoms with E-state index in [1.807, 2.05) is 0 Å². The summed E-state index contributed by atoms with van der Waals surface area (Å²) in [5, 5.41) is 0. The molecule has 1 aromatic carbocycles. The van der Waals surface area contributed by atoms with Crippen molar-refractivity contribution in [1.82, 2.24) is 4.90 Å². The maximum atomic E-state index is 5.88. The molecule has 2 heteroatoms. The second-order valence-corrected chi connectivity index (χ2v) is 4.54. The minimum atomic E-state index is 0.645. The predicted octanol–water partition coefficient (Wildman–Crippen LogP) is 2.43. The van der Waals surface area contributed by atoms with Crippen molar-refractivity contribution in [3.8, 4) is 5.75 Å². The third-order valence-electron chi connectivity index (χ3n) is 3.53. The lowest BCUT2D eigenvalue weighted by atomic mass is 10.0. The molecule has 15 heavy (non-hydrogen) atoms. The van der Waals surface area contributed by atoms with Crippen LogP contribution in [0.2, 0.25) is 0 Å². The maximum absolute atomic E-state index is 5.88. The summed E-state index contributed by atoms with van der Waals surface area (Å²) in [6.45, 7) is 3.18. The number of nitrogens with zero attached hydrogens (tertiary/aromatic N) is 1. The zero-order valence-corrected chi connectivity index (χ0v) is 8.98. The van der Waals surface area contributed by atoms with E-state index in [9.17, 15) is 0 Å². The van der Waals surface area contributed by atoms with Crippen LogP contribution >= 0.6 is 0 Å². The predicted molar refractivity (Wildman–Crippen MR) is 60.0 cm³/mol. The largest absolute Gasteiger partial charge is 0.492 e. The Kier molecular flexibility index (Phi) is 2.37. The summed E-state index contributed by atoms with van der Waals surface area (Å²) in [4.78, 5) is 2.58. The molecule has 0 N–H and O–H groups in total. The summed E-state index contributed by atoms with van der Waals surface area (Å²) in [6.07, 6.45) is 4.01. The Morgan fingerprint density at radius 2 is 2.13 bits per heavy atom. The first-order chi connectivity index (χ1) is 7.43. The number of rotatable bonds is 0. The minimum Gasteiger partial charge on any atom is -0.492 e. The molecule has 0 bridgehead atoms. The second kappa shape index (κ2) is 3.86. The molecular formula is C13H17NO. The van der Waals surface area contributed by atoms with Gasteiger partial charge in [0.25, 0.3) is 0 Å². The zero-order chi connectivity index (χ0) is 10.1. The van der Waals surface area contributed by atoms with E-state index in [1.54, 1.807) is 0 Å². The average Bonchev–Trinajstić information content (AvgIpc) is 2.48. The van der Waals surface area contributed by atoms with Gasteiger partial charge in [0.2, 0.25) is 0 Å². The van der Waals surface area contributed by atoms with Gasteiger partial charge in [-0.15, -0.1) is 0 Å². The first kappa shape index (κ1) is 9.22. The third kappa shape index (κ3) is 1.74. The van der Waals surface area contributed by atoms with E-state index in [4.69, 9.17) is 4.74 Å². The van der Waals surface area contributed by atoms with E-state index in [-0.39, 0.29) is 0 Å². The van der Waals surface area contributed by atoms with Gasteiger partial charge in [-0.2, -0.15) is 0 Å². The van der Waals surface area contributed by atoms with Crippen LogP contribution in [-0.2, 0) is 6.54 Å². The summed E-state index contributed by atoms with van der Waals surface area (Å²) in [7, 11) is 0. The van der Waals surface area contributed by atoms with Crippen LogP contribution in [0.4, 0.5) is 0 Å². The van der Waals surface area contributed by atoms with Gasteiger partial charge in [-0.05, 0) is 25.5 Å². The summed E-state index contributed by atoms with van der Waals surface area (Å²) in [5.41, 5.74) is 1.35. The molecule has 0 aromatic heterocycles. The minimum absolute atomic E-state index is 0.645. The Balaban J connectivity index is 1.88. The van der Waals surface area contributed by atoms with Crippen LogP contribution in [-0.4, -0.2) is 24.1 Å². The molecule has 0 unspecified atom stereocenters. The quantitative estimate of drug-likeness (QED) is 0.642. The molecule has 0 aliphatic carbocycles. The number of hydrogen-bond donors (Lipinski definition) is 0. The molecule has 1 saturated heterocycles. The van der Waals surface area contributed by atoms with Crippen molar-refractivity contribution in [2.24, 2.45) is 0 Å². The molecule has 1 atom stereocenters. The number of piperidine rings is 1. The van der Waals surface area contributed by atoms with E-state index < -0.39 is 0 Å². The van der Waals surface area contributed by atoms with Crippen LogP contribution < -0.4 is 4.74 Å². The zero-order valence-electron chi connectivity index (χ0n) is 8.98. The molecule has 1 fully saturated rings. The summed E-state index contributed by atoms with van der Waals surface area (Å²) < 4.78 is 5.88. The molecular weight excluding hydrogens is 186 g/mol. The van der Waals surface area contributed by atoms with Crippen molar-refractivity contribution in [2.75, 3.05) is 13.2 Å². The van der Waals surface area contributed by atoms with Crippen LogP contribution in [0.3, 0.4) is 0 Å². The van der Waals surface area contributed by atoms with Crippen LogP contribution in [0.5, 0.6) is 5.75 Å². The van der Waals surface area contributed by atoms with Gasteiger partial charge in [-0.3, -0.25) is 4.90 Å². The van der Waals surface area contributed by atoms with Crippen molar-refractivity contribution >= 4 is 0 Å². The number of para-hydroxylation sites is 1. The van der Waals surface area contributed by atoms with Crippen LogP contribution in [0, 0.1) is 0 Å². The molecule has 3 rings (SSSR count). The fourth-order valence-corrected chi connectivity index (χ4v) is 2.64. The van der Waals surface area contributed by atoms with Crippen molar-refractivity contribution < 1.29 is 4.74 Å². The first-order valence-corrected chi connectivity index (χ1v) is 5.88. The Bertz CT molecular complexity index is 350. The first-order valence-electron chi connectivity index (χ1n) is 5.88. The molecule has 0 radical (unpaired) electrons. The standard InChI is InChI=1S/C13H17NO/c1-2-7-13-11(5-1)9-14-8-4-3-6-12(14)10-15-13/h1-2,5,7,12H,3-4,6,8-10H2/t12-/m1/s1. The highest BCUT2D eigenvalue weighted by Gasteiger charge is 2.26. The summed E-state index contributed by atoms with van der Waals surface area (Å²) in [6, 6.07) is 9.08. The van der Waals surface area contributed by atoms with E-state index in [0.717, 1.165) is 18.9 Å². The van der Waals surface area contributed by atoms with Crippen molar-refractivity contribution in [1.29, 1.82) is 0 Å². The fraction of sp³-hybridized carbons (Fsp3) is 0.538. The fourth-order valence-electron chi connectivity index (χ4n) is 2.64. The molecule has 80 valence electrons. The van der Waals surface area contributed by atoms with Gasteiger partial charge >= 0.3 is 0 Å². The smallest absolute Gasteiger partial charge is 0.123 e. The number of ether oxygens (including phenoxy) is 1. The van der Waals surface area contributed by atoms with Gasteiger partial charge in [0, 0.05) is 18.2 Å². The van der Waals surface area contributed by atoms with E-state index in [0.29, 0.717) is 6.04 Å². The van der Waals surface area contributed by atoms with E-state index in [2.05, 4.69) is 29.2 Å². The normalized spacial score (nSPS) is 26.0. The maximum Gasteiger partial charge on any atom is 0.123 e. The van der Waals surface area contributed by atoms with E-state index in [1.165, 1.54) is 31.4 Å². The Hall–Kier alpha value is -1.02. The van der Waals surface area contributed by atoms with Gasteiger partial charge in [-0.1, -0.05) is 24.6 Å². The van der Waals surface area contributed by atoms with Gasteiger partial charge in [-0.25, -0.2) is 0 Å².